The van der Waals surface area contributed by atoms with Gasteiger partial charge in [0.2, 0.25) is 16.9 Å². The molecule has 0 spiro atoms. The number of ether oxygens (including phenoxy) is 2. The van der Waals surface area contributed by atoms with E-state index >= 15 is 0 Å². The van der Waals surface area contributed by atoms with Crippen molar-refractivity contribution >= 4 is 22.4 Å². The first-order chi connectivity index (χ1) is 12.1. The minimum Gasteiger partial charge on any atom is -0.493 e. The molecule has 0 unspecified atom stereocenters. The molecule has 0 atom stereocenters. The predicted molar refractivity (Wildman–Crippen MR) is 89.6 cm³/mol. The molecule has 2 aromatic heterocycles. The second kappa shape index (κ2) is 7.21. The lowest BCUT2D eigenvalue weighted by atomic mass is 10.2. The molecule has 0 aliphatic heterocycles. The smallest absolute Gasteiger partial charge is 0.249 e. The Morgan fingerprint density at radius 3 is 2.68 bits per heavy atom. The van der Waals surface area contributed by atoms with Crippen molar-refractivity contribution in [3.8, 4) is 22.9 Å². The average Bonchev–Trinajstić information content (AvgIpc) is 3.23. The topological polar surface area (TPSA) is 117 Å². The third-order valence-corrected chi connectivity index (χ3v) is 3.91. The summed E-state index contributed by atoms with van der Waals surface area (Å²) in [5.41, 5.74) is 0.698. The van der Waals surface area contributed by atoms with E-state index in [4.69, 9.17) is 9.47 Å². The Balaban J connectivity index is 1.70. The molecule has 1 amide bonds. The van der Waals surface area contributed by atoms with Gasteiger partial charge in [-0.15, -0.1) is 20.4 Å². The second-order valence-corrected chi connectivity index (χ2v) is 6.07. The van der Waals surface area contributed by atoms with Crippen molar-refractivity contribution in [1.82, 2.24) is 30.4 Å². The van der Waals surface area contributed by atoms with E-state index in [0.717, 1.165) is 5.01 Å². The number of methoxy groups -OCH3 is 2. The van der Waals surface area contributed by atoms with Gasteiger partial charge in [0, 0.05) is 5.56 Å². The van der Waals surface area contributed by atoms with E-state index in [-0.39, 0.29) is 12.5 Å². The van der Waals surface area contributed by atoms with Crippen LogP contribution in [-0.2, 0) is 11.3 Å². The van der Waals surface area contributed by atoms with Gasteiger partial charge in [-0.2, -0.15) is 4.80 Å². The highest BCUT2D eigenvalue weighted by atomic mass is 32.1. The van der Waals surface area contributed by atoms with Crippen LogP contribution in [0.15, 0.2) is 18.2 Å². The molecular formula is C14H15N7O3S. The van der Waals surface area contributed by atoms with Crippen LogP contribution >= 0.6 is 11.3 Å². The minimum atomic E-state index is -0.313. The number of nitrogens with zero attached hydrogens (tertiary/aromatic N) is 6. The van der Waals surface area contributed by atoms with Gasteiger partial charge in [-0.3, -0.25) is 10.1 Å². The zero-order chi connectivity index (χ0) is 17.8. The maximum absolute atomic E-state index is 12.0. The Bertz CT molecular complexity index is 892. The number of anilines is 1. The first-order valence-electron chi connectivity index (χ1n) is 7.19. The lowest BCUT2D eigenvalue weighted by Gasteiger charge is -2.07. The Kier molecular flexibility index (Phi) is 4.84. The van der Waals surface area contributed by atoms with Crippen molar-refractivity contribution in [3.05, 3.63) is 23.2 Å². The third kappa shape index (κ3) is 3.88. The molecule has 1 N–H and O–H groups in total. The predicted octanol–water partition coefficient (Wildman–Crippen LogP) is 1.16. The van der Waals surface area contributed by atoms with Gasteiger partial charge < -0.3 is 9.47 Å². The first-order valence-corrected chi connectivity index (χ1v) is 8.01. The average molecular weight is 361 g/mol. The zero-order valence-corrected chi connectivity index (χ0v) is 14.6. The van der Waals surface area contributed by atoms with Crippen molar-refractivity contribution < 1.29 is 14.3 Å². The summed E-state index contributed by atoms with van der Waals surface area (Å²) in [6, 6.07) is 5.27. The molecular weight excluding hydrogens is 346 g/mol. The fourth-order valence-electron chi connectivity index (χ4n) is 2.04. The molecule has 10 nitrogen and oxygen atoms in total. The van der Waals surface area contributed by atoms with Gasteiger partial charge in [-0.05, 0) is 30.3 Å². The molecule has 0 bridgehead atoms. The normalized spacial score (nSPS) is 10.5. The molecule has 0 fully saturated rings. The van der Waals surface area contributed by atoms with E-state index in [1.807, 2.05) is 6.92 Å². The lowest BCUT2D eigenvalue weighted by molar-refractivity contribution is -0.117. The van der Waals surface area contributed by atoms with E-state index < -0.39 is 0 Å². The van der Waals surface area contributed by atoms with Crippen molar-refractivity contribution in [1.29, 1.82) is 0 Å². The van der Waals surface area contributed by atoms with Crippen molar-refractivity contribution in [2.45, 2.75) is 13.5 Å². The van der Waals surface area contributed by atoms with Gasteiger partial charge in [0.05, 0.1) is 14.2 Å². The van der Waals surface area contributed by atoms with Crippen LogP contribution in [0.3, 0.4) is 0 Å². The van der Waals surface area contributed by atoms with Crippen LogP contribution in [0.1, 0.15) is 5.01 Å². The summed E-state index contributed by atoms with van der Waals surface area (Å²) in [4.78, 5) is 13.2. The van der Waals surface area contributed by atoms with Gasteiger partial charge >= 0.3 is 0 Å². The molecule has 0 aliphatic rings. The molecule has 3 aromatic rings. The molecule has 0 radical (unpaired) electrons. The molecule has 130 valence electrons. The molecule has 25 heavy (non-hydrogen) atoms. The molecule has 0 aliphatic carbocycles. The monoisotopic (exact) mass is 361 g/mol. The van der Waals surface area contributed by atoms with Gasteiger partial charge in [0.15, 0.2) is 11.5 Å². The summed E-state index contributed by atoms with van der Waals surface area (Å²) < 4.78 is 10.4. The van der Waals surface area contributed by atoms with Crippen LogP contribution in [0.4, 0.5) is 5.13 Å². The second-order valence-electron chi connectivity index (χ2n) is 4.89. The highest BCUT2D eigenvalue weighted by Crippen LogP contribution is 2.30. The maximum atomic E-state index is 12.0. The standard InChI is InChI=1S/C14H15N7O3S/c1-8-16-18-14(25-8)15-12(22)7-21-19-13(17-20-21)9-4-5-10(23-2)11(6-9)24-3/h4-6H,7H2,1-3H3,(H,15,18,22). The van der Waals surface area contributed by atoms with E-state index in [0.29, 0.717) is 28.0 Å². The molecule has 1 aromatic carbocycles. The number of aromatic nitrogens is 6. The number of nitrogens with one attached hydrogen (secondary N) is 1. The van der Waals surface area contributed by atoms with E-state index in [1.165, 1.54) is 16.1 Å². The van der Waals surface area contributed by atoms with E-state index in [2.05, 4.69) is 30.9 Å². The fourth-order valence-corrected chi connectivity index (χ4v) is 2.64. The van der Waals surface area contributed by atoms with Crippen LogP contribution in [0.2, 0.25) is 0 Å². The molecule has 0 saturated carbocycles. The van der Waals surface area contributed by atoms with Crippen molar-refractivity contribution in [2.24, 2.45) is 0 Å². The Morgan fingerprint density at radius 2 is 2.00 bits per heavy atom. The maximum Gasteiger partial charge on any atom is 0.249 e. The summed E-state index contributed by atoms with van der Waals surface area (Å²) in [6.07, 6.45) is 0. The molecule has 3 rings (SSSR count). The number of rotatable bonds is 6. The van der Waals surface area contributed by atoms with Gasteiger partial charge in [-0.25, -0.2) is 0 Å². The van der Waals surface area contributed by atoms with Crippen LogP contribution in [-0.4, -0.2) is 50.5 Å². The Hall–Kier alpha value is -3.08. The Labute approximate surface area is 146 Å². The van der Waals surface area contributed by atoms with Crippen molar-refractivity contribution in [2.75, 3.05) is 19.5 Å². The fraction of sp³-hybridized carbons (Fsp3) is 0.286. The van der Waals surface area contributed by atoms with Crippen LogP contribution < -0.4 is 14.8 Å². The highest BCUT2D eigenvalue weighted by Gasteiger charge is 2.13. The SMILES string of the molecule is COc1ccc(-c2nnn(CC(=O)Nc3nnc(C)s3)n2)cc1OC. The summed E-state index contributed by atoms with van der Waals surface area (Å²) in [5.74, 6) is 1.22. The lowest BCUT2D eigenvalue weighted by Crippen LogP contribution is -2.20. The number of amides is 1. The van der Waals surface area contributed by atoms with Gasteiger partial charge in [-0.1, -0.05) is 11.3 Å². The van der Waals surface area contributed by atoms with Gasteiger partial charge in [0.25, 0.3) is 0 Å². The number of hydrogen-bond acceptors (Lipinski definition) is 9. The van der Waals surface area contributed by atoms with Crippen LogP contribution in [0, 0.1) is 6.92 Å². The van der Waals surface area contributed by atoms with Gasteiger partial charge in [0.1, 0.15) is 11.6 Å². The summed E-state index contributed by atoms with van der Waals surface area (Å²) in [7, 11) is 3.11. The molecule has 2 heterocycles. The first kappa shape index (κ1) is 16.8. The Morgan fingerprint density at radius 1 is 1.20 bits per heavy atom. The van der Waals surface area contributed by atoms with Crippen molar-refractivity contribution in [3.63, 3.8) is 0 Å². The largest absolute Gasteiger partial charge is 0.493 e. The minimum absolute atomic E-state index is 0.0844. The highest BCUT2D eigenvalue weighted by molar-refractivity contribution is 7.15. The number of aryl methyl sites for hydroxylation is 1. The quantitative estimate of drug-likeness (QED) is 0.695. The zero-order valence-electron chi connectivity index (χ0n) is 13.8. The molecule has 0 saturated heterocycles. The van der Waals surface area contributed by atoms with E-state index in [1.54, 1.807) is 32.4 Å². The number of hydrogen-bond donors (Lipinski definition) is 1. The number of carbonyl (C=O) groups is 1. The number of carbonyl (C=O) groups excluding carboxylic acids is 1. The molecule has 11 heteroatoms. The third-order valence-electron chi connectivity index (χ3n) is 3.15. The van der Waals surface area contributed by atoms with Crippen LogP contribution in [0.25, 0.3) is 11.4 Å². The summed E-state index contributed by atoms with van der Waals surface area (Å²) in [5, 5.41) is 23.6. The number of benzene rings is 1. The van der Waals surface area contributed by atoms with E-state index in [9.17, 15) is 4.79 Å². The van der Waals surface area contributed by atoms with Crippen LogP contribution in [0.5, 0.6) is 11.5 Å². The number of tetrazole rings is 1. The summed E-state index contributed by atoms with van der Waals surface area (Å²) in [6.45, 7) is 1.72. The summed E-state index contributed by atoms with van der Waals surface area (Å²) >= 11 is 1.29.